The van der Waals surface area contributed by atoms with Crippen LogP contribution in [0.3, 0.4) is 0 Å². The molecule has 0 radical (unpaired) electrons. The van der Waals surface area contributed by atoms with Crippen LogP contribution in [-0.4, -0.2) is 54.8 Å². The van der Waals surface area contributed by atoms with Gasteiger partial charge in [0, 0.05) is 18.7 Å². The third kappa shape index (κ3) is 13.3. The molecule has 0 amide bonds. The van der Waals surface area contributed by atoms with Crippen LogP contribution in [-0.2, 0) is 22.4 Å². The fourth-order valence-electron chi connectivity index (χ4n) is 3.44. The van der Waals surface area contributed by atoms with Gasteiger partial charge in [-0.2, -0.15) is 10.1 Å². The van der Waals surface area contributed by atoms with E-state index in [1.165, 1.54) is 18.1 Å². The molecule has 3 rings (SSSR count). The van der Waals surface area contributed by atoms with Crippen LogP contribution in [0.25, 0.3) is 0 Å². The van der Waals surface area contributed by atoms with Crippen LogP contribution in [0.15, 0.2) is 29.4 Å². The molecule has 0 atom stereocenters. The fraction of sp³-hybridized carbons (Fsp3) is 0.586. The number of carbonyl (C=O) groups excluding carboxylic acids is 1. The summed E-state index contributed by atoms with van der Waals surface area (Å²) in [7, 11) is 0. The van der Waals surface area contributed by atoms with E-state index in [-0.39, 0.29) is 12.3 Å². The zero-order chi connectivity index (χ0) is 27.8. The lowest BCUT2D eigenvalue weighted by atomic mass is 10.0. The van der Waals surface area contributed by atoms with Gasteiger partial charge in [0.25, 0.3) is 0 Å². The van der Waals surface area contributed by atoms with E-state index in [0.717, 1.165) is 62.1 Å². The molecule has 0 saturated carbocycles. The molecule has 8 nitrogen and oxygen atoms in total. The maximum atomic E-state index is 9.69. The number of morpholine rings is 1. The van der Waals surface area contributed by atoms with Crippen molar-refractivity contribution in [2.24, 2.45) is 22.7 Å². The molecule has 37 heavy (non-hydrogen) atoms. The number of ketones is 1. The number of benzene rings is 1. The summed E-state index contributed by atoms with van der Waals surface area (Å²) in [6.07, 6.45) is 3.65. The van der Waals surface area contributed by atoms with Gasteiger partial charge >= 0.3 is 0 Å². The quantitative estimate of drug-likeness (QED) is 0.378. The van der Waals surface area contributed by atoms with Crippen LogP contribution in [0.1, 0.15) is 70.9 Å². The first kappa shape index (κ1) is 32.2. The summed E-state index contributed by atoms with van der Waals surface area (Å²) in [5.41, 5.74) is 12.5. The summed E-state index contributed by atoms with van der Waals surface area (Å²) in [5.74, 6) is 2.97. The van der Waals surface area contributed by atoms with Crippen molar-refractivity contribution in [3.05, 3.63) is 46.6 Å². The molecule has 1 aromatic heterocycles. The van der Waals surface area contributed by atoms with Gasteiger partial charge in [-0.1, -0.05) is 71.4 Å². The Balaban J connectivity index is 0.000000657. The zero-order valence-corrected chi connectivity index (χ0v) is 24.2. The minimum absolute atomic E-state index is 0.0324. The predicted molar refractivity (Wildman–Crippen MR) is 156 cm³/mol. The fourth-order valence-corrected chi connectivity index (χ4v) is 3.44. The number of ether oxygens (including phenoxy) is 1. The Morgan fingerprint density at radius 3 is 2.32 bits per heavy atom. The first-order valence-corrected chi connectivity index (χ1v) is 13.3. The van der Waals surface area contributed by atoms with Gasteiger partial charge in [-0.3, -0.25) is 4.79 Å². The van der Waals surface area contributed by atoms with Crippen molar-refractivity contribution in [2.45, 2.75) is 68.2 Å². The van der Waals surface area contributed by atoms with E-state index in [0.29, 0.717) is 11.9 Å². The minimum Gasteiger partial charge on any atom is -0.378 e. The standard InChI is InChI=1S/C22H31N5O.C4H10.C3H7NO/c1-5-19-20(13-16(2)3)24-22(25-21(19)27-9-11-28-12-10-27)26-23-15-18-8-6-7-17(4)14-18;1-4(2)3;1-3(5)2-4/h6-8,14-16H,5,9-13H2,1-4H3,(H,24,25,26);4H,1-3H3;2,4H2,1H3/b23-15+;;. The Bertz CT molecular complexity index is 966. The second kappa shape index (κ2) is 17.6. The Morgan fingerprint density at radius 1 is 1.19 bits per heavy atom. The lowest BCUT2D eigenvalue weighted by Crippen LogP contribution is -2.37. The highest BCUT2D eigenvalue weighted by Crippen LogP contribution is 2.26. The van der Waals surface area contributed by atoms with Gasteiger partial charge in [0.2, 0.25) is 5.95 Å². The third-order valence-electron chi connectivity index (χ3n) is 5.04. The van der Waals surface area contributed by atoms with Crippen molar-refractivity contribution in [2.75, 3.05) is 43.2 Å². The molecule has 1 fully saturated rings. The van der Waals surface area contributed by atoms with Gasteiger partial charge in [0.05, 0.1) is 31.7 Å². The molecule has 0 unspecified atom stereocenters. The van der Waals surface area contributed by atoms with Crippen molar-refractivity contribution in [1.29, 1.82) is 0 Å². The number of carbonyl (C=O) groups is 1. The van der Waals surface area contributed by atoms with E-state index < -0.39 is 0 Å². The molecule has 2 aromatic rings. The van der Waals surface area contributed by atoms with Crippen LogP contribution >= 0.6 is 0 Å². The van der Waals surface area contributed by atoms with E-state index in [1.807, 2.05) is 12.1 Å². The number of hydrogen-bond acceptors (Lipinski definition) is 8. The zero-order valence-electron chi connectivity index (χ0n) is 24.2. The topological polar surface area (TPSA) is 106 Å². The molecule has 1 saturated heterocycles. The Morgan fingerprint density at radius 2 is 1.81 bits per heavy atom. The second-order valence-corrected chi connectivity index (χ2v) is 10.3. The average molecular weight is 513 g/mol. The average Bonchev–Trinajstić information content (AvgIpc) is 2.84. The molecule has 8 heteroatoms. The van der Waals surface area contributed by atoms with Gasteiger partial charge in [-0.15, -0.1) is 0 Å². The number of nitrogens with zero attached hydrogens (tertiary/aromatic N) is 4. The van der Waals surface area contributed by atoms with Gasteiger partial charge in [-0.25, -0.2) is 10.4 Å². The highest BCUT2D eigenvalue weighted by molar-refractivity contribution is 5.80. The van der Waals surface area contributed by atoms with Crippen molar-refractivity contribution in [3.63, 3.8) is 0 Å². The minimum atomic E-state index is 0.0324. The van der Waals surface area contributed by atoms with E-state index >= 15 is 0 Å². The van der Waals surface area contributed by atoms with Crippen molar-refractivity contribution in [3.8, 4) is 0 Å². The number of rotatable bonds is 8. The highest BCUT2D eigenvalue weighted by atomic mass is 16.5. The highest BCUT2D eigenvalue weighted by Gasteiger charge is 2.20. The first-order valence-electron chi connectivity index (χ1n) is 13.3. The van der Waals surface area contributed by atoms with Crippen molar-refractivity contribution >= 4 is 23.8 Å². The van der Waals surface area contributed by atoms with Crippen LogP contribution in [0.4, 0.5) is 11.8 Å². The molecule has 0 aliphatic carbocycles. The molecular weight excluding hydrogens is 464 g/mol. The molecule has 2 heterocycles. The molecule has 0 spiro atoms. The summed E-state index contributed by atoms with van der Waals surface area (Å²) in [4.78, 5) is 21.6. The van der Waals surface area contributed by atoms with Gasteiger partial charge in [0.15, 0.2) is 0 Å². The summed E-state index contributed by atoms with van der Waals surface area (Å²) in [6, 6.07) is 8.23. The number of aryl methyl sites for hydroxylation is 1. The van der Waals surface area contributed by atoms with Gasteiger partial charge < -0.3 is 15.4 Å². The molecule has 3 N–H and O–H groups in total. The van der Waals surface area contributed by atoms with E-state index in [1.54, 1.807) is 6.21 Å². The number of hydrazone groups is 1. The van der Waals surface area contributed by atoms with E-state index in [2.05, 4.69) is 76.0 Å². The number of nitrogens with one attached hydrogen (secondary N) is 1. The summed E-state index contributed by atoms with van der Waals surface area (Å²) in [5, 5.41) is 4.37. The third-order valence-corrected chi connectivity index (χ3v) is 5.04. The van der Waals surface area contributed by atoms with Crippen molar-refractivity contribution in [1.82, 2.24) is 9.97 Å². The number of hydrogen-bond donors (Lipinski definition) is 2. The molecule has 1 aliphatic heterocycles. The summed E-state index contributed by atoms with van der Waals surface area (Å²) >= 11 is 0. The van der Waals surface area contributed by atoms with Crippen LogP contribution < -0.4 is 16.1 Å². The lowest BCUT2D eigenvalue weighted by molar-refractivity contribution is -0.115. The summed E-state index contributed by atoms with van der Waals surface area (Å²) in [6.45, 7) is 20.0. The second-order valence-electron chi connectivity index (χ2n) is 10.3. The number of aromatic nitrogens is 2. The van der Waals surface area contributed by atoms with E-state index in [9.17, 15) is 4.79 Å². The molecule has 0 bridgehead atoms. The van der Waals surface area contributed by atoms with Crippen LogP contribution in [0, 0.1) is 18.8 Å². The Labute approximate surface area is 224 Å². The maximum Gasteiger partial charge on any atom is 0.245 e. The first-order chi connectivity index (χ1) is 17.6. The van der Waals surface area contributed by atoms with Crippen molar-refractivity contribution < 1.29 is 9.53 Å². The normalized spacial score (nSPS) is 13.2. The number of nitrogens with two attached hydrogens (primary N) is 1. The smallest absolute Gasteiger partial charge is 0.245 e. The number of Topliss-reactive ketones (excluding diaryl/α,β-unsaturated/α-hetero) is 1. The SMILES string of the molecule is CC(=O)CN.CC(C)C.CCc1c(CC(C)C)nc(N/N=C/c2cccc(C)c2)nc1N1CCOCC1. The molecule has 1 aromatic carbocycles. The predicted octanol–water partition coefficient (Wildman–Crippen LogP) is 5.02. The summed E-state index contributed by atoms with van der Waals surface area (Å²) < 4.78 is 5.52. The van der Waals surface area contributed by atoms with Crippen LogP contribution in [0.2, 0.25) is 0 Å². The van der Waals surface area contributed by atoms with Gasteiger partial charge in [-0.05, 0) is 44.1 Å². The molecular formula is C29H48N6O2. The molecule has 206 valence electrons. The van der Waals surface area contributed by atoms with Crippen LogP contribution in [0.5, 0.6) is 0 Å². The largest absolute Gasteiger partial charge is 0.378 e. The lowest BCUT2D eigenvalue weighted by Gasteiger charge is -2.30. The van der Waals surface area contributed by atoms with E-state index in [4.69, 9.17) is 20.4 Å². The van der Waals surface area contributed by atoms with Gasteiger partial charge in [0.1, 0.15) is 11.6 Å². The monoisotopic (exact) mass is 512 g/mol. The maximum absolute atomic E-state index is 9.69. The Hall–Kier alpha value is -2.84. The Kier molecular flexibility index (Phi) is 15.3. The number of anilines is 2. The molecule has 1 aliphatic rings.